The fourth-order valence-corrected chi connectivity index (χ4v) is 2.18. The van der Waals surface area contributed by atoms with Crippen molar-refractivity contribution in [1.82, 2.24) is 14.6 Å². The molecule has 3 rings (SSSR count). The van der Waals surface area contributed by atoms with Crippen molar-refractivity contribution in [2.75, 3.05) is 0 Å². The fourth-order valence-electron chi connectivity index (χ4n) is 1.85. The quantitative estimate of drug-likeness (QED) is 0.735. The Balaban J connectivity index is 0.000000138. The van der Waals surface area contributed by atoms with E-state index in [9.17, 15) is 0 Å². The lowest BCUT2D eigenvalue weighted by atomic mass is 10.0. The molecule has 3 nitrogen and oxygen atoms in total. The van der Waals surface area contributed by atoms with E-state index < -0.39 is 0 Å². The van der Waals surface area contributed by atoms with E-state index >= 15 is 0 Å². The minimum Gasteiger partial charge on any atom is -0.289 e. The minimum atomic E-state index is 0.856. The Morgan fingerprint density at radius 3 is 2.31 bits per heavy atom. The lowest BCUT2D eigenvalue weighted by Crippen LogP contribution is -1.85. The maximum Gasteiger partial charge on any atom is 0.161 e. The average molecular weight is 282 g/mol. The molecule has 2 heterocycles. The Morgan fingerprint density at radius 2 is 1.69 bits per heavy atom. The van der Waals surface area contributed by atoms with E-state index in [1.807, 2.05) is 22.7 Å². The summed E-state index contributed by atoms with van der Waals surface area (Å²) in [6.45, 7) is 0. The Bertz CT molecular complexity index is 423. The highest BCUT2D eigenvalue weighted by Crippen LogP contribution is 2.15. The third-order valence-corrected chi connectivity index (χ3v) is 3.26. The zero-order valence-electron chi connectivity index (χ0n) is 9.27. The number of hydrogen-bond acceptors (Lipinski definition) is 2. The fraction of sp³-hybridized carbons (Fsp3) is 0.500. The Hall–Kier alpha value is -0.900. The molecule has 4 heteroatoms. The van der Waals surface area contributed by atoms with Crippen molar-refractivity contribution in [2.24, 2.45) is 0 Å². The molecule has 1 saturated carbocycles. The van der Waals surface area contributed by atoms with Crippen LogP contribution in [0, 0.1) is 0 Å². The molecule has 16 heavy (non-hydrogen) atoms. The van der Waals surface area contributed by atoms with Gasteiger partial charge in [-0.1, -0.05) is 54.5 Å². The summed E-state index contributed by atoms with van der Waals surface area (Å²) in [6, 6.07) is 3.85. The third kappa shape index (κ3) is 3.30. The predicted octanol–water partition coefficient (Wildman–Crippen LogP) is 3.83. The van der Waals surface area contributed by atoms with Gasteiger partial charge >= 0.3 is 0 Å². The molecule has 0 unspecified atom stereocenters. The lowest BCUT2D eigenvalue weighted by molar-refractivity contribution is 0.504. The molecule has 0 aliphatic heterocycles. The second kappa shape index (κ2) is 5.99. The smallest absolute Gasteiger partial charge is 0.161 e. The summed E-state index contributed by atoms with van der Waals surface area (Å²) in [5.74, 6) is 0. The molecule has 0 bridgehead atoms. The van der Waals surface area contributed by atoms with Crippen LogP contribution in [-0.4, -0.2) is 14.6 Å². The number of halogens is 1. The van der Waals surface area contributed by atoms with Crippen molar-refractivity contribution in [3.05, 3.63) is 29.1 Å². The van der Waals surface area contributed by atoms with Crippen molar-refractivity contribution in [3.8, 4) is 0 Å². The number of nitrogens with zero attached hydrogens (tertiary/aromatic N) is 3. The summed E-state index contributed by atoms with van der Waals surface area (Å²) in [5, 5.41) is 7.60. The van der Waals surface area contributed by atoms with Crippen LogP contribution >= 0.6 is 15.9 Å². The van der Waals surface area contributed by atoms with Crippen molar-refractivity contribution < 1.29 is 0 Å². The van der Waals surface area contributed by atoms with Gasteiger partial charge in [0, 0.05) is 10.7 Å². The van der Waals surface area contributed by atoms with Gasteiger partial charge in [0.05, 0.1) is 0 Å². The molecule has 2 aromatic rings. The summed E-state index contributed by atoms with van der Waals surface area (Å²) >= 11 is 3.34. The number of rotatable bonds is 0. The standard InChI is InChI=1S/C6H4BrN3.C6H12/c7-5-1-2-10-4-8-9-6(10)3-5;1-2-4-6-5-3-1/h1-4H;1-6H2. The first-order chi connectivity index (χ1) is 7.86. The first-order valence-corrected chi connectivity index (χ1v) is 6.60. The van der Waals surface area contributed by atoms with Crippen LogP contribution in [0.2, 0.25) is 0 Å². The molecule has 0 aromatic carbocycles. The van der Waals surface area contributed by atoms with Crippen LogP contribution in [-0.2, 0) is 0 Å². The van der Waals surface area contributed by atoms with Crippen LogP contribution in [0.3, 0.4) is 0 Å². The largest absolute Gasteiger partial charge is 0.289 e. The Kier molecular flexibility index (Phi) is 4.34. The van der Waals surface area contributed by atoms with Gasteiger partial charge in [0.1, 0.15) is 6.33 Å². The van der Waals surface area contributed by atoms with Crippen LogP contribution in [0.15, 0.2) is 29.1 Å². The Morgan fingerprint density at radius 1 is 1.06 bits per heavy atom. The van der Waals surface area contributed by atoms with Gasteiger partial charge in [-0.2, -0.15) is 0 Å². The monoisotopic (exact) mass is 281 g/mol. The molecule has 0 spiro atoms. The summed E-state index contributed by atoms with van der Waals surface area (Å²) in [6.07, 6.45) is 12.6. The molecular weight excluding hydrogens is 266 g/mol. The first kappa shape index (κ1) is 11.6. The molecule has 1 fully saturated rings. The van der Waals surface area contributed by atoms with Crippen molar-refractivity contribution in [3.63, 3.8) is 0 Å². The highest BCUT2D eigenvalue weighted by atomic mass is 79.9. The van der Waals surface area contributed by atoms with Gasteiger partial charge in [-0.05, 0) is 12.1 Å². The zero-order chi connectivity index (χ0) is 11.2. The molecule has 1 aliphatic carbocycles. The molecule has 0 amide bonds. The van der Waals surface area contributed by atoms with E-state index in [0.29, 0.717) is 0 Å². The molecular formula is C12H16BrN3. The minimum absolute atomic E-state index is 0.856. The molecule has 1 aliphatic rings. The number of fused-ring (bicyclic) bond motifs is 1. The van der Waals surface area contributed by atoms with E-state index in [4.69, 9.17) is 0 Å². The SMILES string of the molecule is Brc1ccn2cnnc2c1.C1CCCCC1. The zero-order valence-corrected chi connectivity index (χ0v) is 10.9. The van der Waals surface area contributed by atoms with E-state index in [-0.39, 0.29) is 0 Å². The summed E-state index contributed by atoms with van der Waals surface area (Å²) in [4.78, 5) is 0. The van der Waals surface area contributed by atoms with Crippen molar-refractivity contribution >= 4 is 21.6 Å². The molecule has 2 aromatic heterocycles. The summed E-state index contributed by atoms with van der Waals surface area (Å²) < 4.78 is 2.87. The van der Waals surface area contributed by atoms with Gasteiger partial charge in [-0.25, -0.2) is 0 Å². The summed E-state index contributed by atoms with van der Waals surface area (Å²) in [7, 11) is 0. The maximum absolute atomic E-state index is 3.86. The Labute approximate surface area is 104 Å². The first-order valence-electron chi connectivity index (χ1n) is 5.81. The van der Waals surface area contributed by atoms with Gasteiger partial charge in [0.15, 0.2) is 5.65 Å². The highest BCUT2D eigenvalue weighted by molar-refractivity contribution is 9.10. The van der Waals surface area contributed by atoms with Gasteiger partial charge in [0.2, 0.25) is 0 Å². The molecule has 0 N–H and O–H groups in total. The van der Waals surface area contributed by atoms with Crippen LogP contribution < -0.4 is 0 Å². The van der Waals surface area contributed by atoms with E-state index in [2.05, 4.69) is 26.1 Å². The van der Waals surface area contributed by atoms with E-state index in [1.54, 1.807) is 6.33 Å². The van der Waals surface area contributed by atoms with Crippen LogP contribution in [0.4, 0.5) is 0 Å². The number of hydrogen-bond donors (Lipinski definition) is 0. The van der Waals surface area contributed by atoms with Gasteiger partial charge in [-0.15, -0.1) is 10.2 Å². The third-order valence-electron chi connectivity index (χ3n) is 2.76. The molecule has 86 valence electrons. The number of pyridine rings is 1. The van der Waals surface area contributed by atoms with E-state index in [1.165, 1.54) is 38.5 Å². The normalized spacial score (nSPS) is 15.6. The van der Waals surface area contributed by atoms with Crippen molar-refractivity contribution in [2.45, 2.75) is 38.5 Å². The van der Waals surface area contributed by atoms with Crippen molar-refractivity contribution in [1.29, 1.82) is 0 Å². The predicted molar refractivity (Wildman–Crippen MR) is 68.4 cm³/mol. The molecule has 0 saturated heterocycles. The second-order valence-electron chi connectivity index (χ2n) is 4.06. The highest BCUT2D eigenvalue weighted by Gasteiger charge is 1.95. The lowest BCUT2D eigenvalue weighted by Gasteiger charge is -2.05. The second-order valence-corrected chi connectivity index (χ2v) is 4.98. The summed E-state index contributed by atoms with van der Waals surface area (Å²) in [5.41, 5.74) is 0.856. The van der Waals surface area contributed by atoms with Crippen LogP contribution in [0.25, 0.3) is 5.65 Å². The number of aromatic nitrogens is 3. The van der Waals surface area contributed by atoms with Crippen LogP contribution in [0.1, 0.15) is 38.5 Å². The van der Waals surface area contributed by atoms with Gasteiger partial charge < -0.3 is 0 Å². The van der Waals surface area contributed by atoms with Gasteiger partial charge in [0.25, 0.3) is 0 Å². The van der Waals surface area contributed by atoms with E-state index in [0.717, 1.165) is 10.1 Å². The molecule has 0 radical (unpaired) electrons. The average Bonchev–Trinajstić information content (AvgIpc) is 2.79. The maximum atomic E-state index is 3.86. The van der Waals surface area contributed by atoms with Gasteiger partial charge in [-0.3, -0.25) is 4.40 Å². The van der Waals surface area contributed by atoms with Crippen LogP contribution in [0.5, 0.6) is 0 Å². The topological polar surface area (TPSA) is 30.2 Å². The molecule has 0 atom stereocenters.